The molecule has 21 heavy (non-hydrogen) atoms. The van der Waals surface area contributed by atoms with Crippen LogP contribution in [0.3, 0.4) is 0 Å². The predicted molar refractivity (Wildman–Crippen MR) is 88.7 cm³/mol. The monoisotopic (exact) mass is 302 g/mol. The summed E-state index contributed by atoms with van der Waals surface area (Å²) in [6, 6.07) is 10.7. The molecule has 0 spiro atoms. The van der Waals surface area contributed by atoms with E-state index in [0.717, 1.165) is 11.3 Å². The van der Waals surface area contributed by atoms with E-state index < -0.39 is 11.2 Å². The molecule has 3 heteroatoms. The molecule has 2 aromatic carbocycles. The van der Waals surface area contributed by atoms with Gasteiger partial charge in [-0.05, 0) is 68.5 Å². The Kier molecular flexibility index (Phi) is 3.55. The summed E-state index contributed by atoms with van der Waals surface area (Å²) in [5.41, 5.74) is 1.40. The number of benzene rings is 2. The summed E-state index contributed by atoms with van der Waals surface area (Å²) >= 11 is 1.38. The topological polar surface area (TPSA) is 29.5 Å². The fourth-order valence-corrected chi connectivity index (χ4v) is 3.34. The zero-order chi connectivity index (χ0) is 15.3. The Hall–Kier alpha value is -1.03. The highest BCUT2D eigenvalue weighted by molar-refractivity contribution is 7.95. The van der Waals surface area contributed by atoms with Gasteiger partial charge in [0.1, 0.15) is 5.60 Å². The third-order valence-corrected chi connectivity index (χ3v) is 5.69. The van der Waals surface area contributed by atoms with Crippen molar-refractivity contribution in [2.24, 2.45) is 0 Å². The van der Waals surface area contributed by atoms with Crippen LogP contribution in [0.1, 0.15) is 38.8 Å². The van der Waals surface area contributed by atoms with E-state index in [2.05, 4.69) is 30.3 Å². The Bertz CT molecular complexity index is 683. The van der Waals surface area contributed by atoms with Crippen LogP contribution in [0.4, 0.5) is 0 Å². The lowest BCUT2D eigenvalue weighted by Gasteiger charge is -2.36. The lowest BCUT2D eigenvalue weighted by atomic mass is 9.84. The molecule has 1 aliphatic rings. The van der Waals surface area contributed by atoms with E-state index in [9.17, 15) is 5.11 Å². The number of hydrogen-bond acceptors (Lipinski definition) is 3. The molecule has 0 aliphatic heterocycles. The number of aliphatic hydroxyl groups is 1. The van der Waals surface area contributed by atoms with Crippen LogP contribution in [0.5, 0.6) is 0 Å². The van der Waals surface area contributed by atoms with Crippen LogP contribution < -0.4 is 0 Å². The predicted octanol–water partition coefficient (Wildman–Crippen LogP) is 4.51. The Labute approximate surface area is 130 Å². The SMILES string of the molecule is CC(C)(O)C(C)(C)OSc1cc2c(c3ccccc13)CC2. The van der Waals surface area contributed by atoms with Crippen molar-refractivity contribution in [3.8, 4) is 0 Å². The third-order valence-electron chi connectivity index (χ3n) is 4.67. The molecule has 3 rings (SSSR count). The van der Waals surface area contributed by atoms with Gasteiger partial charge < -0.3 is 9.29 Å². The van der Waals surface area contributed by atoms with Crippen molar-refractivity contribution in [3.05, 3.63) is 41.5 Å². The number of rotatable bonds is 4. The fourth-order valence-electron chi connectivity index (χ4n) is 2.38. The molecule has 0 atom stereocenters. The van der Waals surface area contributed by atoms with Gasteiger partial charge in [0.2, 0.25) is 0 Å². The number of fused-ring (bicyclic) bond motifs is 3. The molecule has 0 aromatic heterocycles. The lowest BCUT2D eigenvalue weighted by molar-refractivity contribution is -0.0813. The molecular formula is C18H22O2S. The van der Waals surface area contributed by atoms with Gasteiger partial charge in [-0.25, -0.2) is 0 Å². The minimum absolute atomic E-state index is 0.623. The van der Waals surface area contributed by atoms with E-state index in [0.29, 0.717) is 0 Å². The van der Waals surface area contributed by atoms with Gasteiger partial charge in [-0.15, -0.1) is 0 Å². The summed E-state index contributed by atoms with van der Waals surface area (Å²) in [5.74, 6) is 0. The summed E-state index contributed by atoms with van der Waals surface area (Å²) in [7, 11) is 0. The average molecular weight is 302 g/mol. The van der Waals surface area contributed by atoms with E-state index in [1.54, 1.807) is 13.8 Å². The maximum atomic E-state index is 10.2. The van der Waals surface area contributed by atoms with Crippen molar-refractivity contribution in [1.29, 1.82) is 0 Å². The Morgan fingerprint density at radius 1 is 1.05 bits per heavy atom. The Morgan fingerprint density at radius 2 is 1.71 bits per heavy atom. The van der Waals surface area contributed by atoms with Gasteiger partial charge in [-0.1, -0.05) is 24.3 Å². The Morgan fingerprint density at radius 3 is 2.29 bits per heavy atom. The highest BCUT2D eigenvalue weighted by Crippen LogP contribution is 2.40. The standard InChI is InChI=1S/C18H22O2S/c1-17(2,19)18(3,4)20-21-16-11-12-9-10-13(12)14-7-5-6-8-15(14)16/h5-8,11,19H,9-10H2,1-4H3. The zero-order valence-corrected chi connectivity index (χ0v) is 13.9. The first kappa shape index (κ1) is 14.9. The molecule has 1 N–H and O–H groups in total. The molecular weight excluding hydrogens is 280 g/mol. The van der Waals surface area contributed by atoms with Crippen molar-refractivity contribution >= 4 is 22.8 Å². The normalized spacial score (nSPS) is 14.9. The van der Waals surface area contributed by atoms with Gasteiger partial charge in [0.15, 0.2) is 0 Å². The molecule has 0 heterocycles. The van der Waals surface area contributed by atoms with Crippen LogP contribution in [0, 0.1) is 0 Å². The molecule has 1 aliphatic carbocycles. The van der Waals surface area contributed by atoms with Gasteiger partial charge in [-0.2, -0.15) is 0 Å². The van der Waals surface area contributed by atoms with Crippen molar-refractivity contribution < 1.29 is 9.29 Å². The largest absolute Gasteiger partial charge is 0.387 e. The van der Waals surface area contributed by atoms with Crippen molar-refractivity contribution in [1.82, 2.24) is 0 Å². The van der Waals surface area contributed by atoms with E-state index >= 15 is 0 Å². The highest BCUT2D eigenvalue weighted by atomic mass is 32.2. The molecule has 0 bridgehead atoms. The van der Waals surface area contributed by atoms with Gasteiger partial charge in [0, 0.05) is 16.9 Å². The summed E-state index contributed by atoms with van der Waals surface area (Å²) in [5, 5.41) is 12.8. The second-order valence-corrected chi connectivity index (χ2v) is 7.57. The molecule has 0 saturated heterocycles. The second kappa shape index (κ2) is 5.01. The summed E-state index contributed by atoms with van der Waals surface area (Å²) in [4.78, 5) is 1.14. The van der Waals surface area contributed by atoms with Crippen LogP contribution in [0.2, 0.25) is 0 Å². The average Bonchev–Trinajstić information content (AvgIpc) is 2.36. The van der Waals surface area contributed by atoms with E-state index in [-0.39, 0.29) is 0 Å². The molecule has 2 aromatic rings. The van der Waals surface area contributed by atoms with Gasteiger partial charge in [-0.3, -0.25) is 0 Å². The van der Waals surface area contributed by atoms with Crippen LogP contribution in [0.25, 0.3) is 10.8 Å². The van der Waals surface area contributed by atoms with Crippen LogP contribution in [-0.4, -0.2) is 16.3 Å². The molecule has 0 unspecified atom stereocenters. The summed E-state index contributed by atoms with van der Waals surface area (Å²) in [6.45, 7) is 7.40. The van der Waals surface area contributed by atoms with Crippen molar-refractivity contribution in [2.75, 3.05) is 0 Å². The first-order chi connectivity index (χ1) is 9.79. The number of hydrogen-bond donors (Lipinski definition) is 1. The van der Waals surface area contributed by atoms with Gasteiger partial charge in [0.05, 0.1) is 5.60 Å². The van der Waals surface area contributed by atoms with Crippen molar-refractivity contribution in [3.63, 3.8) is 0 Å². The zero-order valence-electron chi connectivity index (χ0n) is 13.1. The van der Waals surface area contributed by atoms with Crippen molar-refractivity contribution in [2.45, 2.75) is 56.6 Å². The molecule has 0 saturated carbocycles. The molecule has 0 radical (unpaired) electrons. The second-order valence-electron chi connectivity index (χ2n) is 6.79. The molecule has 0 amide bonds. The number of aryl methyl sites for hydroxylation is 2. The van der Waals surface area contributed by atoms with Gasteiger partial charge >= 0.3 is 0 Å². The lowest BCUT2D eigenvalue weighted by Crippen LogP contribution is -2.45. The summed E-state index contributed by atoms with van der Waals surface area (Å²) in [6.07, 6.45) is 2.33. The van der Waals surface area contributed by atoms with E-state index in [1.165, 1.54) is 40.4 Å². The van der Waals surface area contributed by atoms with Crippen LogP contribution in [0.15, 0.2) is 35.2 Å². The molecule has 0 fully saturated rings. The highest BCUT2D eigenvalue weighted by Gasteiger charge is 2.37. The van der Waals surface area contributed by atoms with E-state index in [4.69, 9.17) is 4.18 Å². The quantitative estimate of drug-likeness (QED) is 0.843. The van der Waals surface area contributed by atoms with Crippen LogP contribution in [-0.2, 0) is 17.0 Å². The Balaban J connectivity index is 1.94. The fraction of sp³-hybridized carbons (Fsp3) is 0.444. The maximum Gasteiger partial charge on any atom is 0.106 e. The minimum atomic E-state index is -0.893. The maximum absolute atomic E-state index is 10.2. The minimum Gasteiger partial charge on any atom is -0.387 e. The first-order valence-electron chi connectivity index (χ1n) is 7.41. The van der Waals surface area contributed by atoms with Crippen LogP contribution >= 0.6 is 12.0 Å². The van der Waals surface area contributed by atoms with E-state index in [1.807, 2.05) is 13.8 Å². The first-order valence-corrected chi connectivity index (χ1v) is 8.15. The smallest absolute Gasteiger partial charge is 0.106 e. The van der Waals surface area contributed by atoms with Gasteiger partial charge in [0.25, 0.3) is 0 Å². The molecule has 112 valence electrons. The molecule has 2 nitrogen and oxygen atoms in total. The third kappa shape index (κ3) is 2.59. The summed E-state index contributed by atoms with van der Waals surface area (Å²) < 4.78 is 5.97.